The predicted octanol–water partition coefficient (Wildman–Crippen LogP) is 3.54. The molecule has 2 aliphatic rings. The van der Waals surface area contributed by atoms with Gasteiger partial charge in [0.05, 0.1) is 0 Å². The number of anilines is 1. The molecule has 0 aliphatic carbocycles. The van der Waals surface area contributed by atoms with Crippen molar-refractivity contribution in [3.05, 3.63) is 45.6 Å². The van der Waals surface area contributed by atoms with Crippen LogP contribution >= 0.6 is 22.9 Å². The van der Waals surface area contributed by atoms with Gasteiger partial charge >= 0.3 is 0 Å². The maximum absolute atomic E-state index is 13.1. The van der Waals surface area contributed by atoms with Crippen LogP contribution in [-0.4, -0.2) is 62.8 Å². The average Bonchev–Trinajstić information content (AvgIpc) is 3.25. The number of piperidine rings is 1. The molecule has 2 aromatic rings. The van der Waals surface area contributed by atoms with E-state index in [1.807, 2.05) is 24.3 Å². The van der Waals surface area contributed by atoms with E-state index in [1.165, 1.54) is 15.6 Å². The van der Waals surface area contributed by atoms with Gasteiger partial charge in [-0.2, -0.15) is 4.31 Å². The lowest BCUT2D eigenvalue weighted by Crippen LogP contribution is -2.49. The molecule has 4 rings (SSSR count). The van der Waals surface area contributed by atoms with Crippen LogP contribution in [-0.2, 0) is 10.0 Å². The van der Waals surface area contributed by atoms with Gasteiger partial charge in [0.15, 0.2) is 0 Å². The Labute approximate surface area is 180 Å². The highest BCUT2D eigenvalue weighted by molar-refractivity contribution is 7.89. The third kappa shape index (κ3) is 4.30. The third-order valence-electron chi connectivity index (χ3n) is 5.51. The molecule has 0 spiro atoms. The summed E-state index contributed by atoms with van der Waals surface area (Å²) in [5, 5.41) is 2.40. The highest BCUT2D eigenvalue weighted by Crippen LogP contribution is 2.29. The minimum absolute atomic E-state index is 0.162. The maximum atomic E-state index is 13.1. The van der Waals surface area contributed by atoms with Gasteiger partial charge in [-0.25, -0.2) is 8.42 Å². The average molecular weight is 454 g/mol. The normalized spacial score (nSPS) is 18.8. The van der Waals surface area contributed by atoms with E-state index in [9.17, 15) is 13.2 Å². The van der Waals surface area contributed by atoms with Gasteiger partial charge in [0.25, 0.3) is 5.91 Å². The fourth-order valence-corrected chi connectivity index (χ4v) is 6.87. The zero-order valence-corrected chi connectivity index (χ0v) is 18.5. The lowest BCUT2D eigenvalue weighted by atomic mass is 10.2. The molecular weight excluding hydrogens is 430 g/mol. The summed E-state index contributed by atoms with van der Waals surface area (Å²) in [6.45, 7) is 3.59. The Morgan fingerprint density at radius 1 is 0.897 bits per heavy atom. The van der Waals surface area contributed by atoms with Crippen LogP contribution in [0.1, 0.15) is 28.9 Å². The van der Waals surface area contributed by atoms with E-state index >= 15 is 0 Å². The van der Waals surface area contributed by atoms with Gasteiger partial charge in [-0.05, 0) is 48.6 Å². The SMILES string of the molecule is O=C(c1sccc1S(=O)(=O)N1CCCCC1)N1CCN(c2ccc(Cl)cc2)CC1. The molecule has 2 fully saturated rings. The lowest BCUT2D eigenvalue weighted by molar-refractivity contribution is 0.0748. The Kier molecular flexibility index (Phi) is 6.15. The Morgan fingerprint density at radius 2 is 1.55 bits per heavy atom. The van der Waals surface area contributed by atoms with Gasteiger partial charge in [0, 0.05) is 50.0 Å². The Morgan fingerprint density at radius 3 is 2.21 bits per heavy atom. The van der Waals surface area contributed by atoms with Crippen LogP contribution in [0, 0.1) is 0 Å². The van der Waals surface area contributed by atoms with Crippen molar-refractivity contribution in [3.63, 3.8) is 0 Å². The molecule has 0 atom stereocenters. The van der Waals surface area contributed by atoms with Crippen molar-refractivity contribution >= 4 is 44.6 Å². The standard InChI is InChI=1S/C20H24ClN3O3S2/c21-16-4-6-17(7-5-16)22-11-13-23(14-12-22)20(25)19-18(8-15-28-19)29(26,27)24-9-2-1-3-10-24/h4-8,15H,1-3,9-14H2. The number of nitrogens with zero attached hydrogens (tertiary/aromatic N) is 3. The zero-order chi connectivity index (χ0) is 20.4. The number of carbonyl (C=O) groups is 1. The molecular formula is C20H24ClN3O3S2. The van der Waals surface area contributed by atoms with Crippen LogP contribution in [0.3, 0.4) is 0 Å². The molecule has 3 heterocycles. The third-order valence-corrected chi connectivity index (χ3v) is 8.74. The molecule has 6 nitrogen and oxygen atoms in total. The molecule has 1 aromatic carbocycles. The van der Waals surface area contributed by atoms with Crippen molar-refractivity contribution in [1.29, 1.82) is 0 Å². The summed E-state index contributed by atoms with van der Waals surface area (Å²) in [6, 6.07) is 9.24. The van der Waals surface area contributed by atoms with Crippen molar-refractivity contribution in [2.75, 3.05) is 44.2 Å². The molecule has 156 valence electrons. The number of piperazine rings is 1. The summed E-state index contributed by atoms with van der Waals surface area (Å²) in [4.78, 5) is 17.6. The second kappa shape index (κ2) is 8.63. The molecule has 0 radical (unpaired) electrons. The highest BCUT2D eigenvalue weighted by atomic mass is 35.5. The van der Waals surface area contributed by atoms with E-state index in [0.717, 1.165) is 24.9 Å². The molecule has 2 aliphatic heterocycles. The largest absolute Gasteiger partial charge is 0.368 e. The summed E-state index contributed by atoms with van der Waals surface area (Å²) in [6.07, 6.45) is 2.80. The van der Waals surface area contributed by atoms with E-state index in [1.54, 1.807) is 16.3 Å². The van der Waals surface area contributed by atoms with Crippen molar-refractivity contribution in [1.82, 2.24) is 9.21 Å². The van der Waals surface area contributed by atoms with Crippen LogP contribution in [0.15, 0.2) is 40.6 Å². The maximum Gasteiger partial charge on any atom is 0.265 e. The number of amides is 1. The highest BCUT2D eigenvalue weighted by Gasteiger charge is 2.33. The Bertz CT molecular complexity index is 961. The van der Waals surface area contributed by atoms with Crippen molar-refractivity contribution in [3.8, 4) is 0 Å². The fourth-order valence-electron chi connectivity index (χ4n) is 3.86. The number of benzene rings is 1. The number of rotatable bonds is 4. The van der Waals surface area contributed by atoms with Gasteiger partial charge in [-0.15, -0.1) is 11.3 Å². The smallest absolute Gasteiger partial charge is 0.265 e. The van der Waals surface area contributed by atoms with E-state index in [4.69, 9.17) is 11.6 Å². The van der Waals surface area contributed by atoms with Gasteiger partial charge in [0.2, 0.25) is 10.0 Å². The first-order valence-electron chi connectivity index (χ1n) is 9.84. The van der Waals surface area contributed by atoms with E-state index in [0.29, 0.717) is 49.2 Å². The van der Waals surface area contributed by atoms with Crippen molar-refractivity contribution in [2.24, 2.45) is 0 Å². The topological polar surface area (TPSA) is 60.9 Å². The molecule has 29 heavy (non-hydrogen) atoms. The van der Waals surface area contributed by atoms with E-state index in [-0.39, 0.29) is 10.8 Å². The van der Waals surface area contributed by atoms with E-state index < -0.39 is 10.0 Å². The van der Waals surface area contributed by atoms with Crippen LogP contribution in [0.25, 0.3) is 0 Å². The Balaban J connectivity index is 1.46. The zero-order valence-electron chi connectivity index (χ0n) is 16.1. The number of halogens is 1. The minimum atomic E-state index is -3.62. The quantitative estimate of drug-likeness (QED) is 0.710. The van der Waals surface area contributed by atoms with Crippen LogP contribution < -0.4 is 4.90 Å². The summed E-state index contributed by atoms with van der Waals surface area (Å²) < 4.78 is 27.6. The van der Waals surface area contributed by atoms with Crippen LogP contribution in [0.2, 0.25) is 5.02 Å². The van der Waals surface area contributed by atoms with Crippen molar-refractivity contribution in [2.45, 2.75) is 24.2 Å². The number of hydrogen-bond donors (Lipinski definition) is 0. The Hall–Kier alpha value is -1.61. The molecule has 0 bridgehead atoms. The van der Waals surface area contributed by atoms with Crippen molar-refractivity contribution < 1.29 is 13.2 Å². The second-order valence-corrected chi connectivity index (χ2v) is 10.6. The molecule has 0 saturated carbocycles. The number of thiophene rings is 1. The van der Waals surface area contributed by atoms with Gasteiger partial charge < -0.3 is 9.80 Å². The molecule has 0 N–H and O–H groups in total. The predicted molar refractivity (Wildman–Crippen MR) is 116 cm³/mol. The summed E-state index contributed by atoms with van der Waals surface area (Å²) >= 11 is 7.17. The van der Waals surface area contributed by atoms with Gasteiger partial charge in [0.1, 0.15) is 9.77 Å². The summed E-state index contributed by atoms with van der Waals surface area (Å²) in [5.41, 5.74) is 1.07. The monoisotopic (exact) mass is 453 g/mol. The minimum Gasteiger partial charge on any atom is -0.368 e. The second-order valence-electron chi connectivity index (χ2n) is 7.33. The molecule has 2 saturated heterocycles. The van der Waals surface area contributed by atoms with Gasteiger partial charge in [-0.3, -0.25) is 4.79 Å². The summed E-state index contributed by atoms with van der Waals surface area (Å²) in [5.74, 6) is -0.189. The lowest BCUT2D eigenvalue weighted by Gasteiger charge is -2.36. The first-order chi connectivity index (χ1) is 14.0. The van der Waals surface area contributed by atoms with Gasteiger partial charge in [-0.1, -0.05) is 18.0 Å². The molecule has 1 aromatic heterocycles. The van der Waals surface area contributed by atoms with E-state index in [2.05, 4.69) is 4.90 Å². The number of carbonyl (C=O) groups excluding carboxylic acids is 1. The molecule has 0 unspecified atom stereocenters. The fraction of sp³-hybridized carbons (Fsp3) is 0.450. The number of hydrogen-bond acceptors (Lipinski definition) is 5. The first-order valence-corrected chi connectivity index (χ1v) is 12.5. The first kappa shape index (κ1) is 20.7. The molecule has 9 heteroatoms. The number of sulfonamides is 1. The van der Waals surface area contributed by atoms with Crippen LogP contribution in [0.5, 0.6) is 0 Å². The summed E-state index contributed by atoms with van der Waals surface area (Å²) in [7, 11) is -3.62. The van der Waals surface area contributed by atoms with Crippen LogP contribution in [0.4, 0.5) is 5.69 Å². The molecule has 1 amide bonds.